The van der Waals surface area contributed by atoms with Gasteiger partial charge < -0.3 is 14.8 Å². The highest BCUT2D eigenvalue weighted by molar-refractivity contribution is 6.06. The molecule has 0 heterocycles. The van der Waals surface area contributed by atoms with Crippen LogP contribution < -0.4 is 14.8 Å². The van der Waals surface area contributed by atoms with Crippen LogP contribution in [-0.4, -0.2) is 20.1 Å². The molecule has 2 aromatic rings. The number of hydrogen-bond acceptors (Lipinski definition) is 3. The first kappa shape index (κ1) is 15.9. The van der Waals surface area contributed by atoms with Gasteiger partial charge in [0.15, 0.2) is 0 Å². The van der Waals surface area contributed by atoms with Crippen LogP contribution in [0.3, 0.4) is 0 Å². The first-order chi connectivity index (χ1) is 10.7. The minimum absolute atomic E-state index is 0.192. The van der Waals surface area contributed by atoms with Crippen molar-refractivity contribution in [3.8, 4) is 11.5 Å². The number of carbonyl (C=O) groups excluding carboxylic acids is 1. The summed E-state index contributed by atoms with van der Waals surface area (Å²) in [6.07, 6.45) is 1.73. The molecule has 0 bridgehead atoms. The lowest BCUT2D eigenvalue weighted by atomic mass is 10.0. The van der Waals surface area contributed by atoms with Crippen molar-refractivity contribution >= 4 is 11.6 Å². The molecule has 116 valence electrons. The maximum absolute atomic E-state index is 12.5. The van der Waals surface area contributed by atoms with Crippen LogP contribution in [0.15, 0.2) is 42.5 Å². The van der Waals surface area contributed by atoms with Gasteiger partial charge in [-0.2, -0.15) is 0 Å². The molecule has 0 fully saturated rings. The summed E-state index contributed by atoms with van der Waals surface area (Å²) in [5.41, 5.74) is 2.19. The van der Waals surface area contributed by atoms with E-state index in [9.17, 15) is 4.79 Å². The molecule has 0 aromatic heterocycles. The molecule has 0 aliphatic carbocycles. The molecular formula is C18H21NO3. The predicted molar refractivity (Wildman–Crippen MR) is 87.9 cm³/mol. The standard InChI is InChI=1S/C18H21NO3/c1-4-8-14-16(21-2)12-11-15(17(14)22-3)18(20)19-13-9-6-5-7-10-13/h5-7,9-12H,4,8H2,1-3H3,(H,19,20). The minimum atomic E-state index is -0.192. The number of carbonyl (C=O) groups is 1. The molecule has 0 unspecified atom stereocenters. The van der Waals surface area contributed by atoms with Gasteiger partial charge in [0.05, 0.1) is 19.8 Å². The number of methoxy groups -OCH3 is 2. The monoisotopic (exact) mass is 299 g/mol. The Morgan fingerprint density at radius 2 is 1.77 bits per heavy atom. The molecule has 4 heteroatoms. The molecule has 0 atom stereocenters. The van der Waals surface area contributed by atoms with E-state index in [1.807, 2.05) is 36.4 Å². The third kappa shape index (κ3) is 3.39. The molecule has 4 nitrogen and oxygen atoms in total. The Balaban J connectivity index is 2.37. The molecule has 1 N–H and O–H groups in total. The molecule has 0 spiro atoms. The fraction of sp³-hybridized carbons (Fsp3) is 0.278. The highest BCUT2D eigenvalue weighted by atomic mass is 16.5. The van der Waals surface area contributed by atoms with Gasteiger partial charge in [-0.25, -0.2) is 0 Å². The maximum atomic E-state index is 12.5. The Kier molecular flexibility index (Phi) is 5.42. The number of rotatable bonds is 6. The van der Waals surface area contributed by atoms with Crippen molar-refractivity contribution in [3.05, 3.63) is 53.6 Å². The van der Waals surface area contributed by atoms with Crippen molar-refractivity contribution in [2.45, 2.75) is 19.8 Å². The number of para-hydroxylation sites is 1. The van der Waals surface area contributed by atoms with Gasteiger partial charge in [0.1, 0.15) is 11.5 Å². The molecule has 2 aromatic carbocycles. The Morgan fingerprint density at radius 3 is 2.36 bits per heavy atom. The average molecular weight is 299 g/mol. The molecular weight excluding hydrogens is 278 g/mol. The molecule has 1 amide bonds. The van der Waals surface area contributed by atoms with Gasteiger partial charge in [-0.15, -0.1) is 0 Å². The van der Waals surface area contributed by atoms with E-state index < -0.39 is 0 Å². The van der Waals surface area contributed by atoms with Gasteiger partial charge >= 0.3 is 0 Å². The fourth-order valence-corrected chi connectivity index (χ4v) is 2.42. The first-order valence-electron chi connectivity index (χ1n) is 7.31. The van der Waals surface area contributed by atoms with Crippen LogP contribution in [-0.2, 0) is 6.42 Å². The highest BCUT2D eigenvalue weighted by Crippen LogP contribution is 2.33. The Labute approximate surface area is 131 Å². The van der Waals surface area contributed by atoms with E-state index >= 15 is 0 Å². The first-order valence-corrected chi connectivity index (χ1v) is 7.31. The minimum Gasteiger partial charge on any atom is -0.496 e. The summed E-state index contributed by atoms with van der Waals surface area (Å²) < 4.78 is 10.9. The molecule has 2 rings (SSSR count). The largest absolute Gasteiger partial charge is 0.496 e. The van der Waals surface area contributed by atoms with E-state index in [0.717, 1.165) is 29.8 Å². The third-order valence-corrected chi connectivity index (χ3v) is 3.42. The summed E-state index contributed by atoms with van der Waals surface area (Å²) in [6.45, 7) is 2.08. The number of ether oxygens (including phenoxy) is 2. The van der Waals surface area contributed by atoms with Crippen molar-refractivity contribution in [1.82, 2.24) is 0 Å². The zero-order chi connectivity index (χ0) is 15.9. The van der Waals surface area contributed by atoms with E-state index in [4.69, 9.17) is 9.47 Å². The van der Waals surface area contributed by atoms with Crippen LogP contribution in [0.5, 0.6) is 11.5 Å². The van der Waals surface area contributed by atoms with E-state index in [1.165, 1.54) is 0 Å². The van der Waals surface area contributed by atoms with Crippen LogP contribution in [0.4, 0.5) is 5.69 Å². The summed E-state index contributed by atoms with van der Waals surface area (Å²) in [5.74, 6) is 1.13. The van der Waals surface area contributed by atoms with Crippen LogP contribution in [0, 0.1) is 0 Å². The van der Waals surface area contributed by atoms with Crippen molar-refractivity contribution in [2.75, 3.05) is 19.5 Å². The smallest absolute Gasteiger partial charge is 0.259 e. The zero-order valence-electron chi connectivity index (χ0n) is 13.2. The lowest BCUT2D eigenvalue weighted by molar-refractivity contribution is 0.102. The van der Waals surface area contributed by atoms with E-state index in [-0.39, 0.29) is 5.91 Å². The number of anilines is 1. The van der Waals surface area contributed by atoms with E-state index in [1.54, 1.807) is 20.3 Å². The van der Waals surface area contributed by atoms with Crippen molar-refractivity contribution in [1.29, 1.82) is 0 Å². The summed E-state index contributed by atoms with van der Waals surface area (Å²) in [7, 11) is 3.20. The number of amides is 1. The summed E-state index contributed by atoms with van der Waals surface area (Å²) in [4.78, 5) is 12.5. The lowest BCUT2D eigenvalue weighted by Gasteiger charge is -2.16. The van der Waals surface area contributed by atoms with Gasteiger partial charge in [0, 0.05) is 11.3 Å². The van der Waals surface area contributed by atoms with Gasteiger partial charge in [0.25, 0.3) is 5.91 Å². The van der Waals surface area contributed by atoms with Gasteiger partial charge in [0.2, 0.25) is 0 Å². The topological polar surface area (TPSA) is 47.6 Å². The zero-order valence-corrected chi connectivity index (χ0v) is 13.2. The number of hydrogen-bond donors (Lipinski definition) is 1. The molecule has 0 radical (unpaired) electrons. The van der Waals surface area contributed by atoms with Crippen molar-refractivity contribution in [3.63, 3.8) is 0 Å². The predicted octanol–water partition coefficient (Wildman–Crippen LogP) is 3.91. The quantitative estimate of drug-likeness (QED) is 0.879. The van der Waals surface area contributed by atoms with Crippen molar-refractivity contribution < 1.29 is 14.3 Å². The second-order valence-electron chi connectivity index (χ2n) is 4.90. The normalized spacial score (nSPS) is 10.1. The summed E-state index contributed by atoms with van der Waals surface area (Å²) >= 11 is 0. The average Bonchev–Trinajstić information content (AvgIpc) is 2.55. The summed E-state index contributed by atoms with van der Waals surface area (Å²) in [5, 5.41) is 2.88. The van der Waals surface area contributed by atoms with Crippen LogP contribution >= 0.6 is 0 Å². The third-order valence-electron chi connectivity index (χ3n) is 3.42. The van der Waals surface area contributed by atoms with Crippen LogP contribution in [0.1, 0.15) is 29.3 Å². The van der Waals surface area contributed by atoms with Gasteiger partial charge in [-0.05, 0) is 30.7 Å². The maximum Gasteiger partial charge on any atom is 0.259 e. The Bertz CT molecular complexity index is 638. The number of nitrogens with one attached hydrogen (secondary N) is 1. The van der Waals surface area contributed by atoms with Gasteiger partial charge in [-0.1, -0.05) is 31.5 Å². The molecule has 0 saturated heterocycles. The van der Waals surface area contributed by atoms with Crippen LogP contribution in [0.2, 0.25) is 0 Å². The van der Waals surface area contributed by atoms with E-state index in [0.29, 0.717) is 11.3 Å². The Hall–Kier alpha value is -2.49. The van der Waals surface area contributed by atoms with E-state index in [2.05, 4.69) is 12.2 Å². The highest BCUT2D eigenvalue weighted by Gasteiger charge is 2.19. The Morgan fingerprint density at radius 1 is 1.05 bits per heavy atom. The number of benzene rings is 2. The van der Waals surface area contributed by atoms with Crippen molar-refractivity contribution in [2.24, 2.45) is 0 Å². The molecule has 0 aliphatic heterocycles. The fourth-order valence-electron chi connectivity index (χ4n) is 2.42. The second kappa shape index (κ2) is 7.50. The summed E-state index contributed by atoms with van der Waals surface area (Å²) in [6, 6.07) is 12.9. The lowest BCUT2D eigenvalue weighted by Crippen LogP contribution is -2.14. The molecule has 22 heavy (non-hydrogen) atoms. The molecule has 0 saturated carbocycles. The van der Waals surface area contributed by atoms with Gasteiger partial charge in [-0.3, -0.25) is 4.79 Å². The SMILES string of the molecule is CCCc1c(OC)ccc(C(=O)Nc2ccccc2)c1OC. The molecule has 0 aliphatic rings. The van der Waals surface area contributed by atoms with Crippen LogP contribution in [0.25, 0.3) is 0 Å². The second-order valence-corrected chi connectivity index (χ2v) is 4.90.